The summed E-state index contributed by atoms with van der Waals surface area (Å²) in [5.74, 6) is 0. The topological polar surface area (TPSA) is 32.3 Å². The van der Waals surface area contributed by atoms with Gasteiger partial charge in [0.1, 0.15) is 6.10 Å². The van der Waals surface area contributed by atoms with E-state index < -0.39 is 9.90 Å². The molecule has 0 aliphatic heterocycles. The van der Waals surface area contributed by atoms with Crippen LogP contribution < -0.4 is 5.32 Å². The molecule has 2 nitrogen and oxygen atoms in total. The van der Waals surface area contributed by atoms with E-state index in [2.05, 4.69) is 5.32 Å². The predicted molar refractivity (Wildman–Crippen MR) is 64.4 cm³/mol. The SMILES string of the molecule is OC(CNCc1ccccc1)C(Cl)(Cl)Cl. The van der Waals surface area contributed by atoms with Crippen molar-refractivity contribution in [1.82, 2.24) is 5.32 Å². The van der Waals surface area contributed by atoms with E-state index in [0.717, 1.165) is 5.56 Å². The molecule has 0 aliphatic carbocycles. The highest BCUT2D eigenvalue weighted by Gasteiger charge is 2.29. The zero-order chi connectivity index (χ0) is 11.3. The highest BCUT2D eigenvalue weighted by atomic mass is 35.6. The molecule has 0 heterocycles. The Labute approximate surface area is 104 Å². The Hall–Kier alpha value is 0.01000. The van der Waals surface area contributed by atoms with Crippen molar-refractivity contribution in [2.45, 2.75) is 16.4 Å². The summed E-state index contributed by atoms with van der Waals surface area (Å²) in [4.78, 5) is 0. The van der Waals surface area contributed by atoms with Crippen LogP contribution in [0.15, 0.2) is 30.3 Å². The maximum atomic E-state index is 9.41. The summed E-state index contributed by atoms with van der Waals surface area (Å²) in [5, 5.41) is 12.4. The van der Waals surface area contributed by atoms with E-state index in [4.69, 9.17) is 34.8 Å². The van der Waals surface area contributed by atoms with Gasteiger partial charge in [-0.25, -0.2) is 0 Å². The van der Waals surface area contributed by atoms with Crippen LogP contribution in [0.3, 0.4) is 0 Å². The van der Waals surface area contributed by atoms with Crippen LogP contribution in [0.2, 0.25) is 0 Å². The second-order valence-corrected chi connectivity index (χ2v) is 5.54. The van der Waals surface area contributed by atoms with Gasteiger partial charge in [0.15, 0.2) is 0 Å². The third-order valence-electron chi connectivity index (χ3n) is 1.89. The van der Waals surface area contributed by atoms with Crippen molar-refractivity contribution in [3.05, 3.63) is 35.9 Å². The average Bonchev–Trinajstić information content (AvgIpc) is 2.18. The van der Waals surface area contributed by atoms with Gasteiger partial charge in [0, 0.05) is 13.1 Å². The Morgan fingerprint density at radius 2 is 1.80 bits per heavy atom. The fourth-order valence-corrected chi connectivity index (χ4v) is 1.30. The Bertz CT molecular complexity index is 286. The summed E-state index contributed by atoms with van der Waals surface area (Å²) in [5.41, 5.74) is 1.12. The average molecular weight is 269 g/mol. The summed E-state index contributed by atoms with van der Waals surface area (Å²) in [6.45, 7) is 0.879. The van der Waals surface area contributed by atoms with Crippen LogP contribution in [0, 0.1) is 0 Å². The molecular weight excluding hydrogens is 256 g/mol. The van der Waals surface area contributed by atoms with Gasteiger partial charge in [-0.15, -0.1) is 0 Å². The summed E-state index contributed by atoms with van der Waals surface area (Å²) in [6.07, 6.45) is -1.01. The second-order valence-electron chi connectivity index (χ2n) is 3.17. The van der Waals surface area contributed by atoms with Crippen LogP contribution in [0.5, 0.6) is 0 Å². The lowest BCUT2D eigenvalue weighted by atomic mass is 10.2. The second kappa shape index (κ2) is 5.92. The molecule has 0 amide bonds. The van der Waals surface area contributed by atoms with E-state index in [0.29, 0.717) is 6.54 Å². The standard InChI is InChI=1S/C10H12Cl3NO/c11-10(12,13)9(15)7-14-6-8-4-2-1-3-5-8/h1-5,9,14-15H,6-7H2. The first-order valence-electron chi connectivity index (χ1n) is 4.49. The number of benzene rings is 1. The largest absolute Gasteiger partial charge is 0.387 e. The van der Waals surface area contributed by atoms with Crippen molar-refractivity contribution < 1.29 is 5.11 Å². The van der Waals surface area contributed by atoms with Gasteiger partial charge in [-0.05, 0) is 5.56 Å². The van der Waals surface area contributed by atoms with Crippen LogP contribution >= 0.6 is 34.8 Å². The molecule has 84 valence electrons. The summed E-state index contributed by atoms with van der Waals surface area (Å²) >= 11 is 16.5. The lowest BCUT2D eigenvalue weighted by Crippen LogP contribution is -2.36. The lowest BCUT2D eigenvalue weighted by molar-refractivity contribution is 0.175. The lowest BCUT2D eigenvalue weighted by Gasteiger charge is -2.19. The van der Waals surface area contributed by atoms with Gasteiger partial charge in [-0.3, -0.25) is 0 Å². The monoisotopic (exact) mass is 267 g/mol. The van der Waals surface area contributed by atoms with Crippen LogP contribution in [0.25, 0.3) is 0 Å². The van der Waals surface area contributed by atoms with Crippen LogP contribution in [0.1, 0.15) is 5.56 Å². The van der Waals surface area contributed by atoms with Gasteiger partial charge in [0.25, 0.3) is 0 Å². The molecule has 0 saturated carbocycles. The van der Waals surface area contributed by atoms with Crippen molar-refractivity contribution in [3.63, 3.8) is 0 Å². The smallest absolute Gasteiger partial charge is 0.217 e. The van der Waals surface area contributed by atoms with Crippen molar-refractivity contribution in [3.8, 4) is 0 Å². The molecule has 0 spiro atoms. The molecule has 0 aliphatic rings. The number of hydrogen-bond donors (Lipinski definition) is 2. The number of rotatable bonds is 4. The minimum absolute atomic E-state index is 0.241. The fourth-order valence-electron chi connectivity index (χ4n) is 1.06. The molecule has 1 atom stereocenters. The van der Waals surface area contributed by atoms with Crippen LogP contribution in [-0.2, 0) is 6.54 Å². The maximum Gasteiger partial charge on any atom is 0.217 e. The number of hydrogen-bond acceptors (Lipinski definition) is 2. The number of aliphatic hydroxyl groups is 1. The van der Waals surface area contributed by atoms with E-state index in [1.165, 1.54) is 0 Å². The molecule has 1 rings (SSSR count). The molecule has 0 bridgehead atoms. The third kappa shape index (κ3) is 5.05. The first-order chi connectivity index (χ1) is 7.00. The Morgan fingerprint density at radius 1 is 1.20 bits per heavy atom. The first kappa shape index (κ1) is 13.1. The number of nitrogens with one attached hydrogen (secondary N) is 1. The Morgan fingerprint density at radius 3 is 2.33 bits per heavy atom. The number of alkyl halides is 3. The predicted octanol–water partition coefficient (Wildman–Crippen LogP) is 2.51. The quantitative estimate of drug-likeness (QED) is 0.823. The van der Waals surface area contributed by atoms with Crippen LogP contribution in [-0.4, -0.2) is 21.5 Å². The molecule has 0 saturated heterocycles. The fraction of sp³-hybridized carbons (Fsp3) is 0.400. The summed E-state index contributed by atoms with van der Waals surface area (Å²) in [6, 6.07) is 9.80. The van der Waals surface area contributed by atoms with E-state index in [1.54, 1.807) is 0 Å². The molecular formula is C10H12Cl3NO. The Balaban J connectivity index is 2.28. The molecule has 0 aromatic heterocycles. The molecule has 1 unspecified atom stereocenters. The molecule has 1 aromatic rings. The number of halogens is 3. The third-order valence-corrected chi connectivity index (χ3v) is 2.64. The molecule has 0 fully saturated rings. The highest BCUT2D eigenvalue weighted by Crippen LogP contribution is 2.29. The van der Waals surface area contributed by atoms with Crippen molar-refractivity contribution in [2.75, 3.05) is 6.54 Å². The van der Waals surface area contributed by atoms with Gasteiger partial charge in [0.05, 0.1) is 0 Å². The van der Waals surface area contributed by atoms with Crippen molar-refractivity contribution in [2.24, 2.45) is 0 Å². The van der Waals surface area contributed by atoms with Gasteiger partial charge in [0.2, 0.25) is 3.79 Å². The summed E-state index contributed by atoms with van der Waals surface area (Å²) < 4.78 is -1.64. The van der Waals surface area contributed by atoms with Crippen molar-refractivity contribution in [1.29, 1.82) is 0 Å². The van der Waals surface area contributed by atoms with Crippen molar-refractivity contribution >= 4 is 34.8 Å². The van der Waals surface area contributed by atoms with Gasteiger partial charge < -0.3 is 10.4 Å². The normalized spacial score (nSPS) is 13.9. The maximum absolute atomic E-state index is 9.41. The molecule has 2 N–H and O–H groups in total. The van der Waals surface area contributed by atoms with Crippen LogP contribution in [0.4, 0.5) is 0 Å². The van der Waals surface area contributed by atoms with E-state index >= 15 is 0 Å². The molecule has 1 aromatic carbocycles. The minimum atomic E-state index is -1.64. The minimum Gasteiger partial charge on any atom is -0.387 e. The molecule has 5 heteroatoms. The Kier molecular flexibility index (Phi) is 5.16. The van der Waals surface area contributed by atoms with E-state index in [1.807, 2.05) is 30.3 Å². The zero-order valence-corrected chi connectivity index (χ0v) is 10.2. The van der Waals surface area contributed by atoms with Gasteiger partial charge in [-0.1, -0.05) is 65.1 Å². The highest BCUT2D eigenvalue weighted by molar-refractivity contribution is 6.68. The van der Waals surface area contributed by atoms with E-state index in [9.17, 15) is 5.11 Å². The zero-order valence-electron chi connectivity index (χ0n) is 7.96. The van der Waals surface area contributed by atoms with E-state index in [-0.39, 0.29) is 6.54 Å². The van der Waals surface area contributed by atoms with Gasteiger partial charge >= 0.3 is 0 Å². The molecule has 0 radical (unpaired) electrons. The molecule has 15 heavy (non-hydrogen) atoms. The number of aliphatic hydroxyl groups excluding tert-OH is 1. The van der Waals surface area contributed by atoms with Gasteiger partial charge in [-0.2, -0.15) is 0 Å². The first-order valence-corrected chi connectivity index (χ1v) is 5.63. The summed E-state index contributed by atoms with van der Waals surface area (Å²) in [7, 11) is 0.